The second-order valence-corrected chi connectivity index (χ2v) is 3.60. The largest absolute Gasteiger partial charge is 0.383 e. The summed E-state index contributed by atoms with van der Waals surface area (Å²) in [5, 5.41) is 0.780. The molecule has 0 unspecified atom stereocenters. The fraction of sp³-hybridized carbons (Fsp3) is 0.182. The fourth-order valence-corrected chi connectivity index (χ4v) is 1.60. The minimum atomic E-state index is -0.00701. The second-order valence-electron chi connectivity index (χ2n) is 3.60. The Bertz CT molecular complexity index is 583. The minimum Gasteiger partial charge on any atom is -0.383 e. The van der Waals surface area contributed by atoms with Gasteiger partial charge in [0.15, 0.2) is 5.78 Å². The Kier molecular flexibility index (Phi) is 2.44. The molecule has 0 fully saturated rings. The van der Waals surface area contributed by atoms with E-state index in [-0.39, 0.29) is 5.78 Å². The van der Waals surface area contributed by atoms with E-state index in [0.717, 1.165) is 16.6 Å². The molecule has 0 atom stereocenters. The van der Waals surface area contributed by atoms with Gasteiger partial charge in [0, 0.05) is 18.8 Å². The van der Waals surface area contributed by atoms with Crippen LogP contribution in [-0.4, -0.2) is 20.3 Å². The first kappa shape index (κ1) is 10.4. The van der Waals surface area contributed by atoms with Gasteiger partial charge in [0.05, 0.1) is 5.39 Å². The highest BCUT2D eigenvalue weighted by atomic mass is 16.1. The number of aryl methyl sites for hydroxylation is 1. The van der Waals surface area contributed by atoms with Crippen LogP contribution in [0.5, 0.6) is 0 Å². The van der Waals surface area contributed by atoms with Crippen molar-refractivity contribution in [2.24, 2.45) is 7.05 Å². The van der Waals surface area contributed by atoms with Crippen LogP contribution in [-0.2, 0) is 11.8 Å². The fourth-order valence-electron chi connectivity index (χ4n) is 1.60. The van der Waals surface area contributed by atoms with E-state index in [0.29, 0.717) is 5.82 Å². The number of allylic oxidation sites excluding steroid dienone is 1. The van der Waals surface area contributed by atoms with Crippen LogP contribution >= 0.6 is 0 Å². The van der Waals surface area contributed by atoms with Gasteiger partial charge in [-0.2, -0.15) is 0 Å². The molecule has 0 amide bonds. The van der Waals surface area contributed by atoms with E-state index in [1.165, 1.54) is 19.3 Å². The molecule has 0 spiro atoms. The Labute approximate surface area is 92.6 Å². The van der Waals surface area contributed by atoms with E-state index in [4.69, 9.17) is 5.73 Å². The summed E-state index contributed by atoms with van der Waals surface area (Å²) in [6.45, 7) is 1.50. The number of ketones is 1. The summed E-state index contributed by atoms with van der Waals surface area (Å²) in [6, 6.07) is 0. The summed E-state index contributed by atoms with van der Waals surface area (Å²) in [5.41, 5.74) is 7.41. The highest BCUT2D eigenvalue weighted by Gasteiger charge is 2.09. The quantitative estimate of drug-likeness (QED) is 0.764. The second kappa shape index (κ2) is 3.77. The number of carbonyl (C=O) groups excluding carboxylic acids is 1. The van der Waals surface area contributed by atoms with Gasteiger partial charge < -0.3 is 10.3 Å². The van der Waals surface area contributed by atoms with Crippen molar-refractivity contribution in [1.82, 2.24) is 14.5 Å². The molecular weight excluding hydrogens is 204 g/mol. The van der Waals surface area contributed by atoms with Gasteiger partial charge in [-0.05, 0) is 19.1 Å². The van der Waals surface area contributed by atoms with Crippen LogP contribution < -0.4 is 5.73 Å². The Balaban J connectivity index is 2.66. The highest BCUT2D eigenvalue weighted by Crippen LogP contribution is 2.23. The molecule has 5 heteroatoms. The molecule has 2 heterocycles. The van der Waals surface area contributed by atoms with Crippen molar-refractivity contribution in [1.29, 1.82) is 0 Å². The molecule has 0 saturated heterocycles. The number of aromatic nitrogens is 3. The van der Waals surface area contributed by atoms with Crippen LogP contribution in [0.3, 0.4) is 0 Å². The third kappa shape index (κ3) is 1.67. The van der Waals surface area contributed by atoms with Crippen LogP contribution in [0.2, 0.25) is 0 Å². The van der Waals surface area contributed by atoms with Crippen molar-refractivity contribution < 1.29 is 4.79 Å². The molecule has 2 N–H and O–H groups in total. The maximum Gasteiger partial charge on any atom is 0.152 e. The first-order chi connectivity index (χ1) is 7.59. The van der Waals surface area contributed by atoms with Crippen molar-refractivity contribution in [3.05, 3.63) is 24.2 Å². The van der Waals surface area contributed by atoms with E-state index in [1.54, 1.807) is 6.08 Å². The molecule has 5 nitrogen and oxygen atoms in total. The van der Waals surface area contributed by atoms with Crippen molar-refractivity contribution in [2.45, 2.75) is 6.92 Å². The van der Waals surface area contributed by atoms with Crippen molar-refractivity contribution in [2.75, 3.05) is 5.73 Å². The first-order valence-corrected chi connectivity index (χ1v) is 4.83. The SMILES string of the molecule is CC(=O)/C=C/c1cn(C)c2ncnc(N)c12. The summed E-state index contributed by atoms with van der Waals surface area (Å²) >= 11 is 0. The van der Waals surface area contributed by atoms with E-state index in [1.807, 2.05) is 17.8 Å². The zero-order valence-electron chi connectivity index (χ0n) is 9.14. The van der Waals surface area contributed by atoms with Crippen LogP contribution in [0.25, 0.3) is 17.1 Å². The summed E-state index contributed by atoms with van der Waals surface area (Å²) in [5.74, 6) is 0.418. The molecular formula is C11H12N4O. The van der Waals surface area contributed by atoms with Gasteiger partial charge in [0.25, 0.3) is 0 Å². The molecule has 0 aliphatic heterocycles. The molecule has 0 bridgehead atoms. The molecule has 0 aliphatic carbocycles. The third-order valence-corrected chi connectivity index (χ3v) is 2.31. The minimum absolute atomic E-state index is 0.00701. The lowest BCUT2D eigenvalue weighted by atomic mass is 10.2. The zero-order valence-corrected chi connectivity index (χ0v) is 9.14. The first-order valence-electron chi connectivity index (χ1n) is 4.83. The monoisotopic (exact) mass is 216 g/mol. The van der Waals surface area contributed by atoms with Gasteiger partial charge in [0.2, 0.25) is 0 Å². The number of hydrogen-bond acceptors (Lipinski definition) is 4. The summed E-state index contributed by atoms with van der Waals surface area (Å²) in [4.78, 5) is 19.0. The topological polar surface area (TPSA) is 73.8 Å². The van der Waals surface area contributed by atoms with Crippen molar-refractivity contribution in [3.8, 4) is 0 Å². The molecule has 0 aromatic carbocycles. The number of hydrogen-bond donors (Lipinski definition) is 1. The molecule has 2 aromatic rings. The number of nitrogen functional groups attached to an aromatic ring is 1. The van der Waals surface area contributed by atoms with E-state index >= 15 is 0 Å². The normalized spacial score (nSPS) is 11.4. The number of carbonyl (C=O) groups is 1. The molecule has 0 saturated carbocycles. The zero-order chi connectivity index (χ0) is 11.7. The van der Waals surface area contributed by atoms with Gasteiger partial charge in [0.1, 0.15) is 17.8 Å². The number of fused-ring (bicyclic) bond motifs is 1. The van der Waals surface area contributed by atoms with Gasteiger partial charge in [-0.3, -0.25) is 4.79 Å². The van der Waals surface area contributed by atoms with Crippen molar-refractivity contribution >= 4 is 28.7 Å². The third-order valence-electron chi connectivity index (χ3n) is 2.31. The summed E-state index contributed by atoms with van der Waals surface area (Å²) in [7, 11) is 1.87. The number of anilines is 1. The Morgan fingerprint density at radius 2 is 2.25 bits per heavy atom. The smallest absolute Gasteiger partial charge is 0.152 e. The van der Waals surface area contributed by atoms with Crippen LogP contribution in [0.15, 0.2) is 18.6 Å². The lowest BCUT2D eigenvalue weighted by Gasteiger charge is -1.96. The van der Waals surface area contributed by atoms with Crippen LogP contribution in [0.4, 0.5) is 5.82 Å². The molecule has 0 aliphatic rings. The van der Waals surface area contributed by atoms with E-state index in [2.05, 4.69) is 9.97 Å². The summed E-state index contributed by atoms with van der Waals surface area (Å²) in [6.07, 6.45) is 6.52. The van der Waals surface area contributed by atoms with Crippen LogP contribution in [0.1, 0.15) is 12.5 Å². The maximum atomic E-state index is 10.9. The lowest BCUT2D eigenvalue weighted by molar-refractivity contribution is -0.112. The molecule has 0 radical (unpaired) electrons. The van der Waals surface area contributed by atoms with Crippen molar-refractivity contribution in [3.63, 3.8) is 0 Å². The van der Waals surface area contributed by atoms with E-state index in [9.17, 15) is 4.79 Å². The van der Waals surface area contributed by atoms with Crippen LogP contribution in [0, 0.1) is 0 Å². The number of nitrogens with zero attached hydrogens (tertiary/aromatic N) is 3. The predicted octanol–water partition coefficient (Wildman–Crippen LogP) is 1.15. The molecule has 2 aromatic heterocycles. The number of rotatable bonds is 2. The Hall–Kier alpha value is -2.17. The van der Waals surface area contributed by atoms with Gasteiger partial charge in [-0.1, -0.05) is 0 Å². The van der Waals surface area contributed by atoms with Gasteiger partial charge in [-0.25, -0.2) is 9.97 Å². The maximum absolute atomic E-state index is 10.9. The average Bonchev–Trinajstić information content (AvgIpc) is 2.55. The standard InChI is InChI=1S/C11H12N4O/c1-7(16)3-4-8-5-15(2)11-9(8)10(12)13-6-14-11/h3-6H,1-2H3,(H2,12,13,14)/b4-3+. The molecule has 82 valence electrons. The summed E-state index contributed by atoms with van der Waals surface area (Å²) < 4.78 is 1.85. The van der Waals surface area contributed by atoms with E-state index < -0.39 is 0 Å². The Morgan fingerprint density at radius 3 is 2.94 bits per heavy atom. The molecule has 16 heavy (non-hydrogen) atoms. The number of nitrogens with two attached hydrogens (primary N) is 1. The predicted molar refractivity (Wildman–Crippen MR) is 62.6 cm³/mol. The average molecular weight is 216 g/mol. The molecule has 2 rings (SSSR count). The van der Waals surface area contributed by atoms with Gasteiger partial charge >= 0.3 is 0 Å². The Morgan fingerprint density at radius 1 is 1.50 bits per heavy atom. The lowest BCUT2D eigenvalue weighted by Crippen LogP contribution is -1.94. The highest BCUT2D eigenvalue weighted by molar-refractivity contribution is 5.98. The van der Waals surface area contributed by atoms with Gasteiger partial charge in [-0.15, -0.1) is 0 Å².